The Hall–Kier alpha value is -1.84. The van der Waals surface area contributed by atoms with Gasteiger partial charge < -0.3 is 5.11 Å². The van der Waals surface area contributed by atoms with Crippen molar-refractivity contribution in [3.05, 3.63) is 29.8 Å². The monoisotopic (exact) mass is 233 g/mol. The van der Waals surface area contributed by atoms with Gasteiger partial charge in [-0.25, -0.2) is 4.79 Å². The van der Waals surface area contributed by atoms with E-state index in [1.165, 1.54) is 11.8 Å². The fraction of sp³-hybridized carbons (Fsp3) is 0.385. The number of carbonyl (C=O) groups is 2. The van der Waals surface area contributed by atoms with Crippen LogP contribution in [0.5, 0.6) is 0 Å². The van der Waals surface area contributed by atoms with Crippen molar-refractivity contribution in [3.63, 3.8) is 0 Å². The van der Waals surface area contributed by atoms with Crippen LogP contribution in [0.3, 0.4) is 0 Å². The average Bonchev–Trinajstić information content (AvgIpc) is 2.26. The maximum Gasteiger partial charge on any atom is 0.327 e. The molecule has 4 heteroatoms. The van der Waals surface area contributed by atoms with Crippen molar-refractivity contribution in [1.29, 1.82) is 0 Å². The molecule has 1 aliphatic heterocycles. The summed E-state index contributed by atoms with van der Waals surface area (Å²) in [6.07, 6.45) is 0.691. The lowest BCUT2D eigenvalue weighted by molar-refractivity contribution is -0.141. The van der Waals surface area contributed by atoms with E-state index >= 15 is 0 Å². The zero-order valence-electron chi connectivity index (χ0n) is 9.88. The number of anilines is 1. The van der Waals surface area contributed by atoms with E-state index in [-0.39, 0.29) is 11.8 Å². The Morgan fingerprint density at radius 2 is 2.00 bits per heavy atom. The minimum absolute atomic E-state index is 0.0775. The van der Waals surface area contributed by atoms with Gasteiger partial charge in [0.1, 0.15) is 6.04 Å². The highest BCUT2D eigenvalue weighted by atomic mass is 16.4. The van der Waals surface area contributed by atoms with Crippen molar-refractivity contribution in [2.24, 2.45) is 5.92 Å². The molecule has 1 aromatic carbocycles. The predicted octanol–water partition coefficient (Wildman–Crippen LogP) is 1.68. The Morgan fingerprint density at radius 3 is 2.59 bits per heavy atom. The highest BCUT2D eigenvalue weighted by molar-refractivity contribution is 5.99. The highest BCUT2D eigenvalue weighted by Crippen LogP contribution is 2.33. The van der Waals surface area contributed by atoms with Crippen molar-refractivity contribution < 1.29 is 14.7 Å². The van der Waals surface area contributed by atoms with Crippen LogP contribution < -0.4 is 4.90 Å². The van der Waals surface area contributed by atoms with E-state index in [1.807, 2.05) is 25.1 Å². The van der Waals surface area contributed by atoms with E-state index in [1.54, 1.807) is 6.07 Å². The quantitative estimate of drug-likeness (QED) is 0.803. The van der Waals surface area contributed by atoms with E-state index in [2.05, 4.69) is 0 Å². The molecule has 0 saturated heterocycles. The largest absolute Gasteiger partial charge is 0.480 e. The maximum absolute atomic E-state index is 11.7. The molecule has 2 rings (SSSR count). The molecular weight excluding hydrogens is 218 g/mol. The first kappa shape index (κ1) is 11.6. The third kappa shape index (κ3) is 1.90. The molecule has 1 heterocycles. The lowest BCUT2D eigenvalue weighted by Crippen LogP contribution is -2.51. The molecule has 0 saturated carbocycles. The van der Waals surface area contributed by atoms with Crippen molar-refractivity contribution >= 4 is 17.6 Å². The second-order valence-electron chi connectivity index (χ2n) is 4.48. The number of hydrogen-bond acceptors (Lipinski definition) is 2. The third-order valence-electron chi connectivity index (χ3n) is 3.20. The Morgan fingerprint density at radius 1 is 1.35 bits per heavy atom. The van der Waals surface area contributed by atoms with E-state index < -0.39 is 12.0 Å². The average molecular weight is 233 g/mol. The van der Waals surface area contributed by atoms with Crippen molar-refractivity contribution in [2.75, 3.05) is 4.90 Å². The van der Waals surface area contributed by atoms with Crippen molar-refractivity contribution in [1.82, 2.24) is 0 Å². The number of amides is 1. The molecule has 90 valence electrons. The highest BCUT2D eigenvalue weighted by Gasteiger charge is 2.38. The minimum Gasteiger partial charge on any atom is -0.480 e. The molecule has 17 heavy (non-hydrogen) atoms. The predicted molar refractivity (Wildman–Crippen MR) is 63.9 cm³/mol. The summed E-state index contributed by atoms with van der Waals surface area (Å²) in [6.45, 7) is 3.27. The number of hydrogen-bond donors (Lipinski definition) is 1. The number of nitrogens with zero attached hydrogens (tertiary/aromatic N) is 1. The molecule has 1 aromatic rings. The van der Waals surface area contributed by atoms with Crippen molar-refractivity contribution in [2.45, 2.75) is 26.3 Å². The van der Waals surface area contributed by atoms with Gasteiger partial charge in [-0.1, -0.05) is 25.1 Å². The van der Waals surface area contributed by atoms with E-state index in [4.69, 9.17) is 0 Å². The summed E-state index contributed by atoms with van der Waals surface area (Å²) < 4.78 is 0. The summed E-state index contributed by atoms with van der Waals surface area (Å²) in [5.74, 6) is -1.25. The minimum atomic E-state index is -0.942. The summed E-state index contributed by atoms with van der Waals surface area (Å²) in [5, 5.41) is 9.26. The van der Waals surface area contributed by atoms with Gasteiger partial charge in [0, 0.05) is 12.6 Å². The molecule has 0 fully saturated rings. The van der Waals surface area contributed by atoms with E-state index in [0.717, 1.165) is 11.3 Å². The number of carboxylic acid groups (broad SMARTS) is 1. The fourth-order valence-corrected chi connectivity index (χ4v) is 2.50. The van der Waals surface area contributed by atoms with Crippen LogP contribution in [-0.2, 0) is 16.0 Å². The smallest absolute Gasteiger partial charge is 0.327 e. The molecular formula is C13H15NO3. The summed E-state index contributed by atoms with van der Waals surface area (Å²) in [7, 11) is 0. The van der Waals surface area contributed by atoms with Crippen LogP contribution in [0.15, 0.2) is 24.3 Å². The lowest BCUT2D eigenvalue weighted by Gasteiger charge is -2.38. The molecule has 0 unspecified atom stereocenters. The number of carboxylic acids is 1. The Labute approximate surface area is 99.9 Å². The molecule has 1 amide bonds. The number of para-hydroxylation sites is 1. The Balaban J connectivity index is 2.54. The number of carbonyl (C=O) groups excluding carboxylic acids is 1. The summed E-state index contributed by atoms with van der Waals surface area (Å²) >= 11 is 0. The fourth-order valence-electron chi connectivity index (χ4n) is 2.50. The van der Waals surface area contributed by atoms with Gasteiger partial charge in [-0.15, -0.1) is 0 Å². The molecule has 0 bridgehead atoms. The van der Waals surface area contributed by atoms with Gasteiger partial charge in [0.2, 0.25) is 5.91 Å². The van der Waals surface area contributed by atoms with Gasteiger partial charge in [-0.2, -0.15) is 0 Å². The first-order valence-corrected chi connectivity index (χ1v) is 5.63. The molecule has 0 radical (unpaired) electrons. The summed E-state index contributed by atoms with van der Waals surface area (Å²) in [5.41, 5.74) is 1.76. The molecule has 1 N–H and O–H groups in total. The standard InChI is InChI=1S/C13H15NO3/c1-8-7-10-5-3-4-6-11(10)14(9(2)15)12(8)13(16)17/h3-6,8,12H,7H2,1-2H3,(H,16,17)/t8-,12+/m1/s1. The second kappa shape index (κ2) is 4.20. The van der Waals surface area contributed by atoms with Crippen LogP contribution in [0.4, 0.5) is 5.69 Å². The first-order chi connectivity index (χ1) is 8.02. The van der Waals surface area contributed by atoms with Gasteiger partial charge in [0.15, 0.2) is 0 Å². The van der Waals surface area contributed by atoms with Gasteiger partial charge >= 0.3 is 5.97 Å². The summed E-state index contributed by atoms with van der Waals surface area (Å²) in [4.78, 5) is 24.4. The second-order valence-corrected chi connectivity index (χ2v) is 4.48. The molecule has 0 aromatic heterocycles. The maximum atomic E-state index is 11.7. The van der Waals surface area contributed by atoms with Crippen molar-refractivity contribution in [3.8, 4) is 0 Å². The molecule has 0 aliphatic carbocycles. The van der Waals surface area contributed by atoms with Crippen LogP contribution >= 0.6 is 0 Å². The Bertz CT molecular complexity index is 469. The number of fused-ring (bicyclic) bond motifs is 1. The lowest BCUT2D eigenvalue weighted by atomic mass is 9.87. The van der Waals surface area contributed by atoms with Gasteiger partial charge in [-0.05, 0) is 24.0 Å². The summed E-state index contributed by atoms with van der Waals surface area (Å²) in [6, 6.07) is 6.72. The number of aliphatic carboxylic acids is 1. The van der Waals surface area contributed by atoms with Gasteiger partial charge in [0.05, 0.1) is 0 Å². The van der Waals surface area contributed by atoms with Crippen LogP contribution in [0.1, 0.15) is 19.4 Å². The molecule has 1 aliphatic rings. The van der Waals surface area contributed by atoms with Crippen LogP contribution in [0.25, 0.3) is 0 Å². The van der Waals surface area contributed by atoms with Gasteiger partial charge in [0.25, 0.3) is 0 Å². The van der Waals surface area contributed by atoms with Crippen LogP contribution in [-0.4, -0.2) is 23.0 Å². The van der Waals surface area contributed by atoms with Crippen LogP contribution in [0, 0.1) is 5.92 Å². The molecule has 0 spiro atoms. The van der Waals surface area contributed by atoms with E-state index in [9.17, 15) is 14.7 Å². The van der Waals surface area contributed by atoms with Crippen LogP contribution in [0.2, 0.25) is 0 Å². The Kier molecular flexibility index (Phi) is 2.88. The normalized spacial score (nSPS) is 23.1. The van der Waals surface area contributed by atoms with E-state index in [0.29, 0.717) is 6.42 Å². The molecule has 2 atom stereocenters. The SMILES string of the molecule is CC(=O)N1c2ccccc2C[C@@H](C)[C@H]1C(=O)O. The zero-order valence-corrected chi connectivity index (χ0v) is 9.88. The number of benzene rings is 1. The number of rotatable bonds is 1. The topological polar surface area (TPSA) is 57.6 Å². The van der Waals surface area contributed by atoms with Gasteiger partial charge in [-0.3, -0.25) is 9.69 Å². The zero-order chi connectivity index (χ0) is 12.6. The first-order valence-electron chi connectivity index (χ1n) is 5.63. The molecule has 4 nitrogen and oxygen atoms in total. The third-order valence-corrected chi connectivity index (χ3v) is 3.20.